The van der Waals surface area contributed by atoms with E-state index in [4.69, 9.17) is 16.3 Å². The number of halogens is 1. The zero-order valence-corrected chi connectivity index (χ0v) is 11.8. The Balaban J connectivity index is 2.11. The second-order valence-corrected chi connectivity index (χ2v) is 4.59. The fourth-order valence-corrected chi connectivity index (χ4v) is 1.86. The number of rotatable bonds is 6. The molecule has 1 N–H and O–H groups in total. The fraction of sp³-hybridized carbons (Fsp3) is 0.188. The Morgan fingerprint density at radius 2 is 1.75 bits per heavy atom. The molecule has 2 aromatic carbocycles. The minimum Gasteiger partial charge on any atom is -0.457 e. The Bertz CT molecular complexity index is 557. The number of ether oxygens (including phenoxy) is 1. The van der Waals surface area contributed by atoms with E-state index in [0.717, 1.165) is 6.42 Å². The molecule has 0 spiro atoms. The summed E-state index contributed by atoms with van der Waals surface area (Å²) in [7, 11) is 0. The smallest absolute Gasteiger partial charge is 0.255 e. The highest BCUT2D eigenvalue weighted by Gasteiger charge is 2.11. The van der Waals surface area contributed by atoms with Crippen molar-refractivity contribution in [3.63, 3.8) is 0 Å². The molecule has 0 aliphatic heterocycles. The minimum absolute atomic E-state index is 0.151. The standard InChI is InChI=1S/C16H16ClNO2/c17-11-6-12-18-16(19)14-9-4-5-10-15(14)20-13-7-2-1-3-8-13/h1-5,7-10H,6,11-12H2,(H,18,19). The minimum atomic E-state index is -0.151. The highest BCUT2D eigenvalue weighted by molar-refractivity contribution is 6.17. The van der Waals surface area contributed by atoms with Gasteiger partial charge in [0.25, 0.3) is 5.91 Å². The van der Waals surface area contributed by atoms with E-state index in [2.05, 4.69) is 5.32 Å². The van der Waals surface area contributed by atoms with Crippen molar-refractivity contribution in [1.82, 2.24) is 5.32 Å². The van der Waals surface area contributed by atoms with Gasteiger partial charge in [0.2, 0.25) is 0 Å². The van der Waals surface area contributed by atoms with Crippen molar-refractivity contribution >= 4 is 17.5 Å². The second-order valence-electron chi connectivity index (χ2n) is 4.21. The van der Waals surface area contributed by atoms with Gasteiger partial charge in [0, 0.05) is 12.4 Å². The first kappa shape index (κ1) is 14.4. The van der Waals surface area contributed by atoms with E-state index in [1.807, 2.05) is 42.5 Å². The van der Waals surface area contributed by atoms with Crippen molar-refractivity contribution in [3.8, 4) is 11.5 Å². The van der Waals surface area contributed by atoms with Crippen LogP contribution in [-0.4, -0.2) is 18.3 Å². The molecule has 0 bridgehead atoms. The zero-order chi connectivity index (χ0) is 14.2. The highest BCUT2D eigenvalue weighted by Crippen LogP contribution is 2.24. The summed E-state index contributed by atoms with van der Waals surface area (Å²) < 4.78 is 5.75. The first-order valence-corrected chi connectivity index (χ1v) is 7.01. The number of carbonyl (C=O) groups is 1. The van der Waals surface area contributed by atoms with Crippen LogP contribution >= 0.6 is 11.6 Å². The van der Waals surface area contributed by atoms with Crippen molar-refractivity contribution in [2.75, 3.05) is 12.4 Å². The lowest BCUT2D eigenvalue weighted by molar-refractivity contribution is 0.0951. The van der Waals surface area contributed by atoms with E-state index in [1.54, 1.807) is 12.1 Å². The van der Waals surface area contributed by atoms with Gasteiger partial charge in [-0.15, -0.1) is 11.6 Å². The highest BCUT2D eigenvalue weighted by atomic mass is 35.5. The van der Waals surface area contributed by atoms with Gasteiger partial charge < -0.3 is 10.1 Å². The molecule has 2 aromatic rings. The Morgan fingerprint density at radius 1 is 1.05 bits per heavy atom. The first-order valence-electron chi connectivity index (χ1n) is 6.47. The molecular weight excluding hydrogens is 274 g/mol. The van der Waals surface area contributed by atoms with Gasteiger partial charge in [-0.05, 0) is 30.7 Å². The third-order valence-electron chi connectivity index (χ3n) is 2.70. The van der Waals surface area contributed by atoms with Gasteiger partial charge in [-0.25, -0.2) is 0 Å². The van der Waals surface area contributed by atoms with E-state index in [9.17, 15) is 4.79 Å². The van der Waals surface area contributed by atoms with Crippen LogP contribution in [0.3, 0.4) is 0 Å². The van der Waals surface area contributed by atoms with Crippen LogP contribution in [0.5, 0.6) is 11.5 Å². The van der Waals surface area contributed by atoms with Gasteiger partial charge >= 0.3 is 0 Å². The van der Waals surface area contributed by atoms with Gasteiger partial charge in [0.05, 0.1) is 5.56 Å². The molecule has 3 nitrogen and oxygen atoms in total. The fourth-order valence-electron chi connectivity index (χ4n) is 1.72. The van der Waals surface area contributed by atoms with Crippen LogP contribution in [0, 0.1) is 0 Å². The summed E-state index contributed by atoms with van der Waals surface area (Å²) in [5, 5.41) is 2.82. The van der Waals surface area contributed by atoms with Crippen LogP contribution in [0.1, 0.15) is 16.8 Å². The molecule has 104 valence electrons. The monoisotopic (exact) mass is 289 g/mol. The number of hydrogen-bond acceptors (Lipinski definition) is 2. The Kier molecular flexibility index (Phi) is 5.44. The van der Waals surface area contributed by atoms with Crippen molar-refractivity contribution in [3.05, 3.63) is 60.2 Å². The molecule has 4 heteroatoms. The summed E-state index contributed by atoms with van der Waals surface area (Å²) in [6.07, 6.45) is 0.745. The van der Waals surface area contributed by atoms with Crippen molar-refractivity contribution < 1.29 is 9.53 Å². The number of alkyl halides is 1. The first-order chi connectivity index (χ1) is 9.81. The zero-order valence-electron chi connectivity index (χ0n) is 11.0. The van der Waals surface area contributed by atoms with E-state index in [0.29, 0.717) is 29.5 Å². The summed E-state index contributed by atoms with van der Waals surface area (Å²) in [5.41, 5.74) is 0.519. The molecule has 0 heterocycles. The normalized spacial score (nSPS) is 10.1. The lowest BCUT2D eigenvalue weighted by Gasteiger charge is -2.11. The van der Waals surface area contributed by atoms with Crippen molar-refractivity contribution in [2.24, 2.45) is 0 Å². The Labute approximate surface area is 123 Å². The molecule has 0 aliphatic rings. The van der Waals surface area contributed by atoms with Gasteiger partial charge in [0.15, 0.2) is 0 Å². The van der Waals surface area contributed by atoms with Crippen LogP contribution in [0.4, 0.5) is 0 Å². The molecule has 0 unspecified atom stereocenters. The van der Waals surface area contributed by atoms with E-state index >= 15 is 0 Å². The molecule has 0 aromatic heterocycles. The summed E-state index contributed by atoms with van der Waals surface area (Å²) in [6, 6.07) is 16.6. The van der Waals surface area contributed by atoms with Gasteiger partial charge in [-0.2, -0.15) is 0 Å². The average molecular weight is 290 g/mol. The third kappa shape index (κ3) is 4.00. The SMILES string of the molecule is O=C(NCCCCl)c1ccccc1Oc1ccccc1. The predicted octanol–water partition coefficient (Wildman–Crippen LogP) is 3.84. The van der Waals surface area contributed by atoms with E-state index in [-0.39, 0.29) is 5.91 Å². The maximum Gasteiger partial charge on any atom is 0.255 e. The number of nitrogens with one attached hydrogen (secondary N) is 1. The maximum atomic E-state index is 12.1. The van der Waals surface area contributed by atoms with Crippen molar-refractivity contribution in [2.45, 2.75) is 6.42 Å². The van der Waals surface area contributed by atoms with Crippen LogP contribution in [0.2, 0.25) is 0 Å². The number of hydrogen-bond donors (Lipinski definition) is 1. The topological polar surface area (TPSA) is 38.3 Å². The van der Waals surface area contributed by atoms with Gasteiger partial charge in [0.1, 0.15) is 11.5 Å². The summed E-state index contributed by atoms with van der Waals surface area (Å²) >= 11 is 5.59. The Morgan fingerprint density at radius 3 is 2.50 bits per heavy atom. The molecule has 0 radical (unpaired) electrons. The summed E-state index contributed by atoms with van der Waals surface area (Å²) in [5.74, 6) is 1.62. The molecule has 20 heavy (non-hydrogen) atoms. The molecule has 0 fully saturated rings. The molecule has 0 aliphatic carbocycles. The van der Waals surface area contributed by atoms with Gasteiger partial charge in [-0.3, -0.25) is 4.79 Å². The van der Waals surface area contributed by atoms with Crippen LogP contribution in [0.25, 0.3) is 0 Å². The van der Waals surface area contributed by atoms with Gasteiger partial charge in [-0.1, -0.05) is 30.3 Å². The van der Waals surface area contributed by atoms with Crippen LogP contribution in [0.15, 0.2) is 54.6 Å². The number of amides is 1. The third-order valence-corrected chi connectivity index (χ3v) is 2.97. The average Bonchev–Trinajstić information content (AvgIpc) is 2.49. The Hall–Kier alpha value is -2.00. The molecule has 0 atom stereocenters. The van der Waals surface area contributed by atoms with E-state index in [1.165, 1.54) is 0 Å². The molecular formula is C16H16ClNO2. The molecule has 2 rings (SSSR count). The quantitative estimate of drug-likeness (QED) is 0.648. The summed E-state index contributed by atoms with van der Waals surface area (Å²) in [4.78, 5) is 12.1. The van der Waals surface area contributed by atoms with Crippen LogP contribution < -0.4 is 10.1 Å². The lowest BCUT2D eigenvalue weighted by Crippen LogP contribution is -2.25. The number of para-hydroxylation sites is 2. The predicted molar refractivity (Wildman–Crippen MR) is 80.6 cm³/mol. The summed E-state index contributed by atoms with van der Waals surface area (Å²) in [6.45, 7) is 0.558. The number of carbonyl (C=O) groups excluding carboxylic acids is 1. The largest absolute Gasteiger partial charge is 0.457 e. The molecule has 1 amide bonds. The maximum absolute atomic E-state index is 12.1. The van der Waals surface area contributed by atoms with Crippen LogP contribution in [-0.2, 0) is 0 Å². The lowest BCUT2D eigenvalue weighted by atomic mass is 10.2. The second kappa shape index (κ2) is 7.56. The van der Waals surface area contributed by atoms with Crippen molar-refractivity contribution in [1.29, 1.82) is 0 Å². The van der Waals surface area contributed by atoms with E-state index < -0.39 is 0 Å². The number of benzene rings is 2. The molecule has 0 saturated carbocycles. The molecule has 0 saturated heterocycles.